The van der Waals surface area contributed by atoms with Crippen molar-refractivity contribution in [1.29, 1.82) is 0 Å². The van der Waals surface area contributed by atoms with Gasteiger partial charge in [0.25, 0.3) is 5.91 Å². The molecule has 0 saturated carbocycles. The number of hydrogen-bond acceptors (Lipinski definition) is 17. The van der Waals surface area contributed by atoms with Crippen molar-refractivity contribution >= 4 is 45.9 Å². The van der Waals surface area contributed by atoms with Crippen LogP contribution in [0.1, 0.15) is 59.8 Å². The number of aromatic nitrogens is 2. The summed E-state index contributed by atoms with van der Waals surface area (Å²) in [6.07, 6.45) is 4.49. The third kappa shape index (κ3) is 13.9. The lowest BCUT2D eigenvalue weighted by Crippen LogP contribution is -2.52. The Bertz CT molecular complexity index is 2640. The summed E-state index contributed by atoms with van der Waals surface area (Å²) < 4.78 is 41.1. The van der Waals surface area contributed by atoms with Crippen molar-refractivity contribution in [2.24, 2.45) is 0 Å². The first-order valence-corrected chi connectivity index (χ1v) is 26.3. The zero-order valence-corrected chi connectivity index (χ0v) is 43.0. The molecule has 20 heteroatoms. The van der Waals surface area contributed by atoms with Gasteiger partial charge in [0, 0.05) is 93.6 Å². The molecule has 2 N–H and O–H groups in total. The summed E-state index contributed by atoms with van der Waals surface area (Å²) in [7, 11) is 0. The van der Waals surface area contributed by atoms with Crippen LogP contribution in [0.25, 0.3) is 10.8 Å². The number of benzene rings is 3. The molecule has 20 nitrogen and oxygen atoms in total. The molecule has 0 aliphatic carbocycles. The highest BCUT2D eigenvalue weighted by Gasteiger charge is 2.39. The minimum Gasteiger partial charge on any atom is -0.508 e. The number of rotatable bonds is 25. The van der Waals surface area contributed by atoms with Crippen LogP contribution in [0.3, 0.4) is 0 Å². The number of likely N-dealkylation sites (tertiary alicyclic amines) is 1. The van der Waals surface area contributed by atoms with Crippen LogP contribution in [0, 0.1) is 0 Å². The number of ether oxygens (including phenoxy) is 7. The van der Waals surface area contributed by atoms with Crippen molar-refractivity contribution in [2.45, 2.75) is 70.4 Å². The van der Waals surface area contributed by atoms with Gasteiger partial charge in [0.2, 0.25) is 17.7 Å². The van der Waals surface area contributed by atoms with Crippen LogP contribution in [-0.2, 0) is 57.6 Å². The number of hydrogen-bond donors (Lipinski definition) is 2. The van der Waals surface area contributed by atoms with Crippen LogP contribution >= 0.6 is 0 Å². The number of imide groups is 1. The van der Waals surface area contributed by atoms with E-state index in [1.165, 1.54) is 11.0 Å². The van der Waals surface area contributed by atoms with E-state index in [9.17, 15) is 24.3 Å². The van der Waals surface area contributed by atoms with Gasteiger partial charge in [-0.05, 0) is 73.9 Å². The van der Waals surface area contributed by atoms with Crippen LogP contribution in [-0.4, -0.2) is 190 Å². The standard InChI is InChI=1S/C55H70N8O12/c1-3-51(66)60-18-20-61(21-19-60)52-46-14-17-62(49-34-41(64)32-39-6-4-5-7-44(39)49)37-47(46)56-55(58-52)75-38(2)35-59-15-12-42(13-16-59)73-30-28-71-26-24-69-22-23-70-25-27-72-29-31-74-43-8-9-45-40(33-43)36-63(54(45)68)48-10-11-50(65)57-53(48)67/h3-9,32-34,38,42,48,64H,1,10-31,35-37H2,2H3,(H,57,65,67)/t38-,48?/m1/s1. The van der Waals surface area contributed by atoms with Gasteiger partial charge >= 0.3 is 6.01 Å². The fourth-order valence-corrected chi connectivity index (χ4v) is 10.4. The largest absolute Gasteiger partial charge is 0.508 e. The highest BCUT2D eigenvalue weighted by molar-refractivity contribution is 6.05. The summed E-state index contributed by atoms with van der Waals surface area (Å²) in [5.41, 5.74) is 4.30. The minimum atomic E-state index is -0.650. The molecule has 3 aromatic carbocycles. The van der Waals surface area contributed by atoms with Crippen molar-refractivity contribution in [2.75, 3.05) is 128 Å². The molecular formula is C55H70N8O12. The van der Waals surface area contributed by atoms with E-state index >= 15 is 0 Å². The van der Waals surface area contributed by atoms with Crippen LogP contribution in [0.5, 0.6) is 17.5 Å². The van der Waals surface area contributed by atoms with Crippen molar-refractivity contribution in [3.63, 3.8) is 0 Å². The molecule has 4 aromatic rings. The number of phenols is 1. The second kappa shape index (κ2) is 25.9. The lowest BCUT2D eigenvalue weighted by molar-refractivity contribution is -0.137. The van der Waals surface area contributed by atoms with E-state index in [1.807, 2.05) is 35.2 Å². The topological polar surface area (TPSA) is 207 Å². The van der Waals surface area contributed by atoms with E-state index in [2.05, 4.69) is 39.6 Å². The third-order valence-electron chi connectivity index (χ3n) is 14.3. The van der Waals surface area contributed by atoms with E-state index in [-0.39, 0.29) is 42.1 Å². The van der Waals surface area contributed by atoms with Gasteiger partial charge in [-0.1, -0.05) is 30.8 Å². The summed E-state index contributed by atoms with van der Waals surface area (Å²) in [5, 5.41) is 15.0. The zero-order chi connectivity index (χ0) is 52.1. The smallest absolute Gasteiger partial charge is 0.318 e. The fraction of sp³-hybridized carbons (Fsp3) is 0.527. The fourth-order valence-electron chi connectivity index (χ4n) is 10.4. The van der Waals surface area contributed by atoms with E-state index in [0.717, 1.165) is 84.5 Å². The summed E-state index contributed by atoms with van der Waals surface area (Å²) in [6.45, 7) is 16.7. The van der Waals surface area contributed by atoms with E-state index in [4.69, 9.17) is 43.1 Å². The van der Waals surface area contributed by atoms with Gasteiger partial charge in [-0.2, -0.15) is 9.97 Å². The summed E-state index contributed by atoms with van der Waals surface area (Å²) in [5.74, 6) is 0.692. The Morgan fingerprint density at radius 2 is 1.49 bits per heavy atom. The molecule has 5 aliphatic rings. The van der Waals surface area contributed by atoms with Gasteiger partial charge in [-0.25, -0.2) is 0 Å². The molecule has 0 bridgehead atoms. The van der Waals surface area contributed by atoms with Gasteiger partial charge in [-0.15, -0.1) is 0 Å². The number of aromatic hydroxyl groups is 1. The number of nitrogens with one attached hydrogen (secondary N) is 1. The normalized spacial score (nSPS) is 18.8. The minimum absolute atomic E-state index is 0.0596. The maximum atomic E-state index is 12.9. The average molecular weight is 1040 g/mol. The quantitative estimate of drug-likeness (QED) is 0.0549. The number of carbonyl (C=O) groups excluding carboxylic acids is 4. The first kappa shape index (κ1) is 53.4. The summed E-state index contributed by atoms with van der Waals surface area (Å²) in [6, 6.07) is 16.7. The van der Waals surface area contributed by atoms with Crippen molar-refractivity contribution < 1.29 is 57.4 Å². The molecule has 402 valence electrons. The van der Waals surface area contributed by atoms with Gasteiger partial charge in [0.1, 0.15) is 36.1 Å². The first-order chi connectivity index (χ1) is 36.6. The molecule has 3 fully saturated rings. The molecule has 75 heavy (non-hydrogen) atoms. The molecule has 2 atom stereocenters. The monoisotopic (exact) mass is 1030 g/mol. The number of phenolic OH excluding ortho intramolecular Hbond substituents is 1. The maximum Gasteiger partial charge on any atom is 0.318 e. The van der Waals surface area contributed by atoms with Crippen LogP contribution in [0.15, 0.2) is 67.3 Å². The molecule has 0 radical (unpaired) electrons. The molecule has 9 rings (SSSR count). The molecular weight excluding hydrogens is 965 g/mol. The van der Waals surface area contributed by atoms with Crippen molar-refractivity contribution in [3.05, 3.63) is 89.6 Å². The van der Waals surface area contributed by atoms with Crippen molar-refractivity contribution in [1.82, 2.24) is 30.0 Å². The first-order valence-electron chi connectivity index (χ1n) is 26.3. The molecule has 5 aliphatic heterocycles. The van der Waals surface area contributed by atoms with Gasteiger partial charge in [-0.3, -0.25) is 29.4 Å². The number of nitrogens with zero attached hydrogens (tertiary/aromatic N) is 7. The maximum absolute atomic E-state index is 12.9. The van der Waals surface area contributed by atoms with E-state index in [0.29, 0.717) is 129 Å². The molecule has 6 heterocycles. The molecule has 4 amide bonds. The second-order valence-electron chi connectivity index (χ2n) is 19.4. The molecule has 1 unspecified atom stereocenters. The van der Waals surface area contributed by atoms with Gasteiger partial charge in [0.15, 0.2) is 0 Å². The zero-order valence-electron chi connectivity index (χ0n) is 43.0. The van der Waals surface area contributed by atoms with Crippen LogP contribution < -0.4 is 24.6 Å². The molecule has 3 saturated heterocycles. The van der Waals surface area contributed by atoms with Crippen molar-refractivity contribution in [3.8, 4) is 17.5 Å². The Labute approximate surface area is 437 Å². The third-order valence-corrected chi connectivity index (χ3v) is 14.3. The SMILES string of the molecule is C=CC(=O)N1CCN(c2nc(O[C@H](C)CN3CCC(OCCOCCOCCOCCOCCOc4ccc5c(c4)CN(C4CCC(=O)NC4=O)C5=O)CC3)nc3c2CCN(c2cc(O)cc4ccccc24)C3)CC1. The lowest BCUT2D eigenvalue weighted by Gasteiger charge is -2.38. The number of carbonyl (C=O) groups is 4. The molecule has 0 spiro atoms. The summed E-state index contributed by atoms with van der Waals surface area (Å²) >= 11 is 0. The molecule has 1 aromatic heterocycles. The summed E-state index contributed by atoms with van der Waals surface area (Å²) in [4.78, 5) is 69.5. The van der Waals surface area contributed by atoms with Crippen LogP contribution in [0.4, 0.5) is 11.5 Å². The number of piperidine rings is 2. The van der Waals surface area contributed by atoms with E-state index < -0.39 is 11.9 Å². The lowest BCUT2D eigenvalue weighted by atomic mass is 10.0. The number of anilines is 2. The highest BCUT2D eigenvalue weighted by atomic mass is 16.6. The highest BCUT2D eigenvalue weighted by Crippen LogP contribution is 2.37. The Kier molecular flexibility index (Phi) is 18.4. The number of amides is 4. The van der Waals surface area contributed by atoms with E-state index in [1.54, 1.807) is 18.2 Å². The Hall–Kier alpha value is -6.42. The van der Waals surface area contributed by atoms with Gasteiger partial charge < -0.3 is 57.9 Å². The Morgan fingerprint density at radius 1 is 0.787 bits per heavy atom. The Morgan fingerprint density at radius 3 is 2.21 bits per heavy atom. The second-order valence-corrected chi connectivity index (χ2v) is 19.4. The predicted molar refractivity (Wildman–Crippen MR) is 278 cm³/mol. The van der Waals surface area contributed by atoms with Gasteiger partial charge in [0.05, 0.1) is 77.8 Å². The average Bonchev–Trinajstić information content (AvgIpc) is 3.74. The number of piperazine rings is 1. The number of fused-ring (bicyclic) bond motifs is 3. The predicted octanol–water partition coefficient (Wildman–Crippen LogP) is 3.89. The van der Waals surface area contributed by atoms with Crippen LogP contribution in [0.2, 0.25) is 0 Å². The Balaban J connectivity index is 0.615.